The van der Waals surface area contributed by atoms with Gasteiger partial charge in [0.1, 0.15) is 16.5 Å². The summed E-state index contributed by atoms with van der Waals surface area (Å²) in [5.41, 5.74) is 1.82. The fourth-order valence-corrected chi connectivity index (χ4v) is 3.80. The van der Waals surface area contributed by atoms with Crippen LogP contribution in [0.1, 0.15) is 29.9 Å². The lowest BCUT2D eigenvalue weighted by Gasteiger charge is -2.17. The van der Waals surface area contributed by atoms with E-state index in [1.54, 1.807) is 18.5 Å². The van der Waals surface area contributed by atoms with Crippen LogP contribution in [0.2, 0.25) is 0 Å². The van der Waals surface area contributed by atoms with Gasteiger partial charge in [0.05, 0.1) is 13.2 Å². The predicted octanol–water partition coefficient (Wildman–Crippen LogP) is 5.48. The third-order valence-electron chi connectivity index (χ3n) is 4.41. The van der Waals surface area contributed by atoms with Crippen molar-refractivity contribution in [2.75, 3.05) is 14.2 Å². The molecule has 0 radical (unpaired) electrons. The number of alkyl halides is 2. The predicted molar refractivity (Wildman–Crippen MR) is 119 cm³/mol. The lowest BCUT2D eigenvalue weighted by Crippen LogP contribution is -2.26. The summed E-state index contributed by atoms with van der Waals surface area (Å²) in [6.07, 6.45) is 0.0872. The number of carbonyl (C=O) groups excluding carboxylic acids is 1. The summed E-state index contributed by atoms with van der Waals surface area (Å²) in [5.74, 6) is 0.601. The maximum atomic E-state index is 12.8. The fraction of sp³-hybridized carbons (Fsp3) is 0.304. The molecule has 1 heterocycles. The minimum Gasteiger partial charge on any atom is -0.493 e. The van der Waals surface area contributed by atoms with Crippen LogP contribution in [0, 0.1) is 0 Å². The molecular weight excluding hydrogens is 438 g/mol. The number of hydrogen-bond acceptors (Lipinski definition) is 6. The second-order valence-corrected chi connectivity index (χ2v) is 8.11. The summed E-state index contributed by atoms with van der Waals surface area (Å²) in [6, 6.07) is 12.2. The fourth-order valence-electron chi connectivity index (χ4n) is 3.00. The van der Waals surface area contributed by atoms with Gasteiger partial charge in [-0.15, -0.1) is 11.3 Å². The maximum absolute atomic E-state index is 12.8. The monoisotopic (exact) mass is 462 g/mol. The van der Waals surface area contributed by atoms with E-state index in [4.69, 9.17) is 9.47 Å². The molecule has 1 aromatic heterocycles. The summed E-state index contributed by atoms with van der Waals surface area (Å²) in [4.78, 5) is 18.8. The molecule has 0 bridgehead atoms. The molecule has 170 valence electrons. The second kappa shape index (κ2) is 10.4. The van der Waals surface area contributed by atoms with Crippen molar-refractivity contribution in [3.8, 4) is 27.8 Å². The van der Waals surface area contributed by atoms with Gasteiger partial charge in [-0.05, 0) is 55.8 Å². The van der Waals surface area contributed by atoms with Crippen molar-refractivity contribution in [1.82, 2.24) is 9.88 Å². The number of rotatable bonds is 9. The molecule has 3 aromatic rings. The van der Waals surface area contributed by atoms with Gasteiger partial charge in [-0.3, -0.25) is 4.79 Å². The van der Waals surface area contributed by atoms with Crippen molar-refractivity contribution in [2.45, 2.75) is 33.1 Å². The Kier molecular flexibility index (Phi) is 7.63. The molecule has 9 heteroatoms. The van der Waals surface area contributed by atoms with E-state index in [-0.39, 0.29) is 30.1 Å². The largest absolute Gasteiger partial charge is 0.493 e. The van der Waals surface area contributed by atoms with Crippen LogP contribution in [0.5, 0.6) is 17.2 Å². The van der Waals surface area contributed by atoms with Gasteiger partial charge in [0, 0.05) is 24.5 Å². The first-order valence-electron chi connectivity index (χ1n) is 9.86. The van der Waals surface area contributed by atoms with E-state index >= 15 is 0 Å². The number of halogens is 2. The zero-order valence-electron chi connectivity index (χ0n) is 18.2. The molecule has 6 nitrogen and oxygen atoms in total. The summed E-state index contributed by atoms with van der Waals surface area (Å²) in [5, 5.41) is 2.42. The molecule has 0 N–H and O–H groups in total. The summed E-state index contributed by atoms with van der Waals surface area (Å²) in [6.45, 7) is 1.14. The first kappa shape index (κ1) is 23.5. The molecule has 0 fully saturated rings. The van der Waals surface area contributed by atoms with Crippen molar-refractivity contribution in [1.29, 1.82) is 0 Å². The molecule has 0 atom stereocenters. The van der Waals surface area contributed by atoms with Crippen LogP contribution in [0.4, 0.5) is 8.78 Å². The number of benzene rings is 2. The van der Waals surface area contributed by atoms with Crippen LogP contribution >= 0.6 is 11.3 Å². The Bertz CT molecular complexity index is 1050. The number of amides is 1. The SMILES string of the molecule is COc1ccc(CN(C)C(=O)c2csc(-c3ccc(OC(C)C)cc3)n2)cc1OC(F)F. The van der Waals surface area contributed by atoms with Crippen molar-refractivity contribution in [3.63, 3.8) is 0 Å². The highest BCUT2D eigenvalue weighted by Crippen LogP contribution is 2.30. The average Bonchev–Trinajstić information content (AvgIpc) is 3.23. The Morgan fingerprint density at radius 2 is 1.81 bits per heavy atom. The number of methoxy groups -OCH3 is 1. The molecule has 1 amide bonds. The zero-order chi connectivity index (χ0) is 23.3. The molecule has 0 aliphatic carbocycles. The van der Waals surface area contributed by atoms with Gasteiger partial charge in [-0.2, -0.15) is 8.78 Å². The van der Waals surface area contributed by atoms with Gasteiger partial charge in [0.2, 0.25) is 0 Å². The summed E-state index contributed by atoms with van der Waals surface area (Å²) < 4.78 is 40.5. The number of ether oxygens (including phenoxy) is 3. The van der Waals surface area contributed by atoms with E-state index in [2.05, 4.69) is 9.72 Å². The molecule has 0 spiro atoms. The first-order valence-corrected chi connectivity index (χ1v) is 10.7. The Morgan fingerprint density at radius 1 is 1.09 bits per heavy atom. The topological polar surface area (TPSA) is 60.9 Å². The van der Waals surface area contributed by atoms with E-state index in [1.807, 2.05) is 38.1 Å². The summed E-state index contributed by atoms with van der Waals surface area (Å²) >= 11 is 1.37. The van der Waals surface area contributed by atoms with Crippen LogP contribution in [0.25, 0.3) is 10.6 Å². The molecule has 0 saturated heterocycles. The lowest BCUT2D eigenvalue weighted by molar-refractivity contribution is -0.0512. The van der Waals surface area contributed by atoms with E-state index < -0.39 is 6.61 Å². The normalized spacial score (nSPS) is 11.0. The third-order valence-corrected chi connectivity index (χ3v) is 5.30. The summed E-state index contributed by atoms with van der Waals surface area (Å²) in [7, 11) is 2.99. The maximum Gasteiger partial charge on any atom is 0.387 e. The van der Waals surface area contributed by atoms with Gasteiger partial charge in [0.25, 0.3) is 5.91 Å². The van der Waals surface area contributed by atoms with Crippen LogP contribution in [0.15, 0.2) is 47.8 Å². The number of hydrogen-bond donors (Lipinski definition) is 0. The van der Waals surface area contributed by atoms with Gasteiger partial charge in [-0.25, -0.2) is 4.98 Å². The molecule has 0 unspecified atom stereocenters. The lowest BCUT2D eigenvalue weighted by atomic mass is 10.2. The minimum atomic E-state index is -2.97. The quantitative estimate of drug-likeness (QED) is 0.421. The Balaban J connectivity index is 1.70. The highest BCUT2D eigenvalue weighted by atomic mass is 32.1. The van der Waals surface area contributed by atoms with Gasteiger partial charge in [0.15, 0.2) is 11.5 Å². The molecule has 2 aromatic carbocycles. The molecule has 32 heavy (non-hydrogen) atoms. The van der Waals surface area contributed by atoms with Gasteiger partial charge in [-0.1, -0.05) is 6.07 Å². The Labute approximate surface area is 189 Å². The van der Waals surface area contributed by atoms with Crippen molar-refractivity contribution in [3.05, 3.63) is 59.1 Å². The van der Waals surface area contributed by atoms with Crippen molar-refractivity contribution in [2.24, 2.45) is 0 Å². The zero-order valence-corrected chi connectivity index (χ0v) is 19.0. The Hall–Kier alpha value is -3.20. The molecular formula is C23H24F2N2O4S. The van der Waals surface area contributed by atoms with E-state index in [1.165, 1.54) is 35.5 Å². The Morgan fingerprint density at radius 3 is 2.44 bits per heavy atom. The standard InChI is InChI=1S/C23H24F2N2O4S/c1-14(2)30-17-8-6-16(7-9-17)21-26-18(13-32-21)22(28)27(3)12-15-5-10-19(29-4)20(11-15)31-23(24)25/h5-11,13-14,23H,12H2,1-4H3. The van der Waals surface area contributed by atoms with Crippen LogP contribution in [0.3, 0.4) is 0 Å². The number of carbonyl (C=O) groups is 1. The number of aromatic nitrogens is 1. The highest BCUT2D eigenvalue weighted by Gasteiger charge is 2.18. The van der Waals surface area contributed by atoms with Crippen molar-refractivity contribution < 1.29 is 27.8 Å². The smallest absolute Gasteiger partial charge is 0.387 e. The van der Waals surface area contributed by atoms with E-state index in [0.29, 0.717) is 11.3 Å². The second-order valence-electron chi connectivity index (χ2n) is 7.25. The minimum absolute atomic E-state index is 0.0818. The average molecular weight is 463 g/mol. The highest BCUT2D eigenvalue weighted by molar-refractivity contribution is 7.13. The first-order chi connectivity index (χ1) is 15.3. The van der Waals surface area contributed by atoms with Crippen LogP contribution < -0.4 is 14.2 Å². The number of thiazole rings is 1. The van der Waals surface area contributed by atoms with Gasteiger partial charge < -0.3 is 19.1 Å². The van der Waals surface area contributed by atoms with Crippen LogP contribution in [-0.4, -0.2) is 42.7 Å². The van der Waals surface area contributed by atoms with Crippen molar-refractivity contribution >= 4 is 17.2 Å². The molecule has 0 aliphatic rings. The molecule has 0 aliphatic heterocycles. The molecule has 0 saturated carbocycles. The van der Waals surface area contributed by atoms with E-state index in [0.717, 1.165) is 16.3 Å². The molecule has 3 rings (SSSR count). The third kappa shape index (κ3) is 5.94. The number of nitrogens with zero attached hydrogens (tertiary/aromatic N) is 2. The van der Waals surface area contributed by atoms with Gasteiger partial charge >= 0.3 is 6.61 Å². The van der Waals surface area contributed by atoms with Crippen LogP contribution in [-0.2, 0) is 6.54 Å². The van der Waals surface area contributed by atoms with E-state index in [9.17, 15) is 13.6 Å².